The van der Waals surface area contributed by atoms with E-state index in [0.717, 1.165) is 18.4 Å². The Hall–Kier alpha value is -0.0800. The maximum atomic E-state index is 6.14. The Bertz CT molecular complexity index is 243. The maximum absolute atomic E-state index is 6.14. The van der Waals surface area contributed by atoms with E-state index >= 15 is 0 Å². The molecule has 0 aromatic heterocycles. The zero-order valence-electron chi connectivity index (χ0n) is 14.6. The van der Waals surface area contributed by atoms with Crippen LogP contribution in [0.25, 0.3) is 0 Å². The van der Waals surface area contributed by atoms with Crippen molar-refractivity contribution in [2.24, 2.45) is 23.0 Å². The molecule has 0 heterocycles. The van der Waals surface area contributed by atoms with E-state index in [2.05, 4.69) is 39.5 Å². The lowest BCUT2D eigenvalue weighted by Gasteiger charge is -2.42. The molecule has 1 aliphatic rings. The second-order valence-corrected chi connectivity index (χ2v) is 7.82. The van der Waals surface area contributed by atoms with Crippen LogP contribution in [0.1, 0.15) is 73.1 Å². The lowest BCUT2D eigenvalue weighted by atomic mass is 9.68. The van der Waals surface area contributed by atoms with Gasteiger partial charge < -0.3 is 5.73 Å². The highest BCUT2D eigenvalue weighted by Gasteiger charge is 2.34. The molecule has 1 atom stereocenters. The molecule has 0 aliphatic heterocycles. The summed E-state index contributed by atoms with van der Waals surface area (Å²) in [5.74, 6) is 1.74. The minimum absolute atomic E-state index is 0.482. The fourth-order valence-electron chi connectivity index (χ4n) is 4.03. The van der Waals surface area contributed by atoms with Crippen molar-refractivity contribution in [3.05, 3.63) is 0 Å². The SMILES string of the molecule is CCCN(CCC)C(CN)C1CCC(C(C)(C)C)CC1. The first kappa shape index (κ1) is 18.0. The van der Waals surface area contributed by atoms with Crippen LogP contribution in [-0.4, -0.2) is 30.6 Å². The van der Waals surface area contributed by atoms with Crippen molar-refractivity contribution in [3.63, 3.8) is 0 Å². The van der Waals surface area contributed by atoms with Crippen LogP contribution in [-0.2, 0) is 0 Å². The summed E-state index contributed by atoms with van der Waals surface area (Å²) in [4.78, 5) is 2.67. The van der Waals surface area contributed by atoms with Gasteiger partial charge in [-0.2, -0.15) is 0 Å². The Morgan fingerprint density at radius 2 is 1.50 bits per heavy atom. The van der Waals surface area contributed by atoms with Gasteiger partial charge in [-0.05, 0) is 68.9 Å². The Balaban J connectivity index is 2.59. The topological polar surface area (TPSA) is 29.3 Å². The molecule has 2 N–H and O–H groups in total. The van der Waals surface area contributed by atoms with E-state index < -0.39 is 0 Å². The molecule has 2 heteroatoms. The Morgan fingerprint density at radius 1 is 1.00 bits per heavy atom. The summed E-state index contributed by atoms with van der Waals surface area (Å²) in [6, 6.07) is 0.621. The summed E-state index contributed by atoms with van der Waals surface area (Å²) < 4.78 is 0. The first-order valence-electron chi connectivity index (χ1n) is 8.88. The third-order valence-corrected chi connectivity index (χ3v) is 5.27. The van der Waals surface area contributed by atoms with E-state index in [1.54, 1.807) is 0 Å². The van der Waals surface area contributed by atoms with Gasteiger partial charge in [-0.15, -0.1) is 0 Å². The van der Waals surface area contributed by atoms with Crippen molar-refractivity contribution in [1.29, 1.82) is 0 Å². The molecule has 0 saturated heterocycles. The van der Waals surface area contributed by atoms with Crippen LogP contribution in [0, 0.1) is 17.3 Å². The predicted octanol–water partition coefficient (Wildman–Crippen LogP) is 4.29. The number of hydrogen-bond acceptors (Lipinski definition) is 2. The van der Waals surface area contributed by atoms with E-state index in [4.69, 9.17) is 5.73 Å². The summed E-state index contributed by atoms with van der Waals surface area (Å²) in [7, 11) is 0. The van der Waals surface area contributed by atoms with Crippen LogP contribution >= 0.6 is 0 Å². The fraction of sp³-hybridized carbons (Fsp3) is 1.00. The molecule has 1 unspecified atom stereocenters. The molecule has 1 aliphatic carbocycles. The second-order valence-electron chi connectivity index (χ2n) is 7.82. The van der Waals surface area contributed by atoms with Crippen molar-refractivity contribution in [1.82, 2.24) is 4.90 Å². The maximum Gasteiger partial charge on any atom is 0.0246 e. The normalized spacial score (nSPS) is 25.9. The minimum Gasteiger partial charge on any atom is -0.329 e. The number of nitrogens with zero attached hydrogens (tertiary/aromatic N) is 1. The van der Waals surface area contributed by atoms with Gasteiger partial charge in [0.2, 0.25) is 0 Å². The highest BCUT2D eigenvalue weighted by atomic mass is 15.2. The molecule has 20 heavy (non-hydrogen) atoms. The van der Waals surface area contributed by atoms with Crippen LogP contribution in [0.4, 0.5) is 0 Å². The summed E-state index contributed by atoms with van der Waals surface area (Å²) in [6.45, 7) is 15.0. The van der Waals surface area contributed by atoms with Gasteiger partial charge in [-0.25, -0.2) is 0 Å². The monoisotopic (exact) mass is 282 g/mol. The molecular weight excluding hydrogens is 244 g/mol. The van der Waals surface area contributed by atoms with Crippen LogP contribution < -0.4 is 5.73 Å². The van der Waals surface area contributed by atoms with Crippen molar-refractivity contribution in [2.75, 3.05) is 19.6 Å². The molecule has 2 nitrogen and oxygen atoms in total. The molecule has 0 aromatic carbocycles. The van der Waals surface area contributed by atoms with Gasteiger partial charge in [0, 0.05) is 12.6 Å². The lowest BCUT2D eigenvalue weighted by molar-refractivity contribution is 0.0815. The number of hydrogen-bond donors (Lipinski definition) is 1. The number of nitrogens with two attached hydrogens (primary N) is 1. The van der Waals surface area contributed by atoms with Crippen molar-refractivity contribution >= 4 is 0 Å². The van der Waals surface area contributed by atoms with Gasteiger partial charge in [0.15, 0.2) is 0 Å². The number of rotatable bonds is 7. The highest BCUT2D eigenvalue weighted by molar-refractivity contribution is 4.87. The van der Waals surface area contributed by atoms with Crippen LogP contribution in [0.2, 0.25) is 0 Å². The van der Waals surface area contributed by atoms with Gasteiger partial charge in [0.25, 0.3) is 0 Å². The van der Waals surface area contributed by atoms with E-state index in [0.29, 0.717) is 11.5 Å². The van der Waals surface area contributed by atoms with E-state index in [1.165, 1.54) is 51.6 Å². The summed E-state index contributed by atoms with van der Waals surface area (Å²) in [5.41, 5.74) is 6.63. The lowest BCUT2D eigenvalue weighted by Crippen LogP contribution is -2.47. The summed E-state index contributed by atoms with van der Waals surface area (Å²) in [5, 5.41) is 0. The standard InChI is InChI=1S/C18H38N2/c1-6-12-20(13-7-2)17(14-19)15-8-10-16(11-9-15)18(3,4)5/h15-17H,6-14,19H2,1-5H3. The zero-order chi connectivity index (χ0) is 15.2. The molecule has 0 amide bonds. The third kappa shape index (κ3) is 5.04. The quantitative estimate of drug-likeness (QED) is 0.755. The van der Waals surface area contributed by atoms with Gasteiger partial charge in [0.1, 0.15) is 0 Å². The first-order chi connectivity index (χ1) is 9.43. The zero-order valence-corrected chi connectivity index (χ0v) is 14.6. The Kier molecular flexibility index (Phi) is 7.53. The molecular formula is C18H38N2. The molecule has 120 valence electrons. The fourth-order valence-corrected chi connectivity index (χ4v) is 4.03. The van der Waals surface area contributed by atoms with E-state index in [-0.39, 0.29) is 0 Å². The molecule has 0 spiro atoms. The molecule has 0 bridgehead atoms. The van der Waals surface area contributed by atoms with Gasteiger partial charge >= 0.3 is 0 Å². The van der Waals surface area contributed by atoms with Gasteiger partial charge in [-0.3, -0.25) is 4.90 Å². The molecule has 1 fully saturated rings. The Morgan fingerprint density at radius 3 is 1.85 bits per heavy atom. The molecule has 1 saturated carbocycles. The average Bonchev–Trinajstić information content (AvgIpc) is 2.39. The molecule has 0 aromatic rings. The van der Waals surface area contributed by atoms with Crippen LogP contribution in [0.15, 0.2) is 0 Å². The molecule has 0 radical (unpaired) electrons. The highest BCUT2D eigenvalue weighted by Crippen LogP contribution is 2.41. The third-order valence-electron chi connectivity index (χ3n) is 5.27. The predicted molar refractivity (Wildman–Crippen MR) is 89.9 cm³/mol. The van der Waals surface area contributed by atoms with E-state index in [1.807, 2.05) is 0 Å². The van der Waals surface area contributed by atoms with Gasteiger partial charge in [0.05, 0.1) is 0 Å². The van der Waals surface area contributed by atoms with Crippen LogP contribution in [0.5, 0.6) is 0 Å². The second kappa shape index (κ2) is 8.38. The van der Waals surface area contributed by atoms with Crippen molar-refractivity contribution in [3.8, 4) is 0 Å². The Labute approximate surface area is 127 Å². The van der Waals surface area contributed by atoms with Gasteiger partial charge in [-0.1, -0.05) is 34.6 Å². The smallest absolute Gasteiger partial charge is 0.0246 e. The largest absolute Gasteiger partial charge is 0.329 e. The van der Waals surface area contributed by atoms with Crippen molar-refractivity contribution < 1.29 is 0 Å². The van der Waals surface area contributed by atoms with Crippen molar-refractivity contribution in [2.45, 2.75) is 79.2 Å². The first-order valence-corrected chi connectivity index (χ1v) is 8.88. The summed E-state index contributed by atoms with van der Waals surface area (Å²) >= 11 is 0. The average molecular weight is 283 g/mol. The van der Waals surface area contributed by atoms with E-state index in [9.17, 15) is 0 Å². The van der Waals surface area contributed by atoms with Crippen LogP contribution in [0.3, 0.4) is 0 Å². The minimum atomic E-state index is 0.482. The summed E-state index contributed by atoms with van der Waals surface area (Å²) in [6.07, 6.45) is 8.05. The molecule has 1 rings (SSSR count).